The number of furan rings is 1. The Morgan fingerprint density at radius 2 is 2.00 bits per heavy atom. The fourth-order valence-electron chi connectivity index (χ4n) is 1.72. The maximum absolute atomic E-state index is 12.7. The Labute approximate surface area is 122 Å². The minimum Gasteiger partial charge on any atom is -0.477 e. The number of nitriles is 1. The van der Waals surface area contributed by atoms with E-state index in [1.54, 1.807) is 0 Å². The molecule has 7 heteroatoms. The van der Waals surface area contributed by atoms with Gasteiger partial charge in [0.05, 0.1) is 5.56 Å². The number of carboxylic acids is 1. The molecule has 112 valence electrons. The first-order valence-corrected chi connectivity index (χ1v) is 5.94. The van der Waals surface area contributed by atoms with Crippen LogP contribution in [0.25, 0.3) is 17.4 Å². The fourth-order valence-corrected chi connectivity index (χ4v) is 1.72. The van der Waals surface area contributed by atoms with Crippen LogP contribution in [0.3, 0.4) is 0 Å². The Hall–Kier alpha value is -3.01. The summed E-state index contributed by atoms with van der Waals surface area (Å²) in [6.07, 6.45) is -3.47. The summed E-state index contributed by atoms with van der Waals surface area (Å²) in [5.41, 5.74) is -1.16. The highest BCUT2D eigenvalue weighted by Crippen LogP contribution is 2.32. The van der Waals surface area contributed by atoms with Gasteiger partial charge in [-0.25, -0.2) is 4.79 Å². The smallest absolute Gasteiger partial charge is 0.416 e. The van der Waals surface area contributed by atoms with Gasteiger partial charge in [0.15, 0.2) is 0 Å². The number of nitrogens with zero attached hydrogens (tertiary/aromatic N) is 1. The molecule has 0 unspecified atom stereocenters. The number of rotatable bonds is 3. The molecule has 0 radical (unpaired) electrons. The summed E-state index contributed by atoms with van der Waals surface area (Å²) in [6, 6.07) is 8.79. The number of benzene rings is 1. The summed E-state index contributed by atoms with van der Waals surface area (Å²) in [7, 11) is 0. The number of alkyl halides is 3. The molecule has 0 saturated heterocycles. The molecule has 1 heterocycles. The number of hydrogen-bond donors (Lipinski definition) is 1. The van der Waals surface area contributed by atoms with Crippen LogP contribution in [0, 0.1) is 11.3 Å². The Morgan fingerprint density at radius 3 is 2.59 bits per heavy atom. The molecule has 0 atom stereocenters. The molecule has 2 aromatic rings. The van der Waals surface area contributed by atoms with E-state index in [0.29, 0.717) is 0 Å². The summed E-state index contributed by atoms with van der Waals surface area (Å²) in [5, 5.41) is 17.4. The van der Waals surface area contributed by atoms with Gasteiger partial charge in [-0.05, 0) is 24.3 Å². The van der Waals surface area contributed by atoms with E-state index in [1.807, 2.05) is 0 Å². The first-order chi connectivity index (χ1) is 10.3. The minimum atomic E-state index is -4.47. The maximum Gasteiger partial charge on any atom is 0.416 e. The van der Waals surface area contributed by atoms with E-state index >= 15 is 0 Å². The van der Waals surface area contributed by atoms with E-state index in [0.717, 1.165) is 18.2 Å². The molecule has 0 amide bonds. The predicted molar refractivity (Wildman–Crippen MR) is 70.4 cm³/mol. The van der Waals surface area contributed by atoms with Crippen LogP contribution in [0.15, 0.2) is 46.4 Å². The molecule has 0 aliphatic carbocycles. The van der Waals surface area contributed by atoms with Crippen molar-refractivity contribution in [3.63, 3.8) is 0 Å². The second-order valence-corrected chi connectivity index (χ2v) is 4.26. The van der Waals surface area contributed by atoms with Crippen LogP contribution < -0.4 is 0 Å². The highest BCUT2D eigenvalue weighted by molar-refractivity contribution is 5.96. The number of aliphatic carboxylic acids is 1. The molecule has 0 saturated carbocycles. The second-order valence-electron chi connectivity index (χ2n) is 4.26. The van der Waals surface area contributed by atoms with E-state index < -0.39 is 23.3 Å². The standard InChI is InChI=1S/C15H8F3NO3/c16-15(17,18)11-3-1-2-9(6-11)13-5-4-12(22-13)7-10(8-19)14(20)21/h1-7H,(H,20,21)/b10-7-. The van der Waals surface area contributed by atoms with E-state index in [1.165, 1.54) is 30.3 Å². The van der Waals surface area contributed by atoms with Crippen LogP contribution >= 0.6 is 0 Å². The van der Waals surface area contributed by atoms with E-state index in [4.69, 9.17) is 14.8 Å². The largest absolute Gasteiger partial charge is 0.477 e. The topological polar surface area (TPSA) is 74.2 Å². The van der Waals surface area contributed by atoms with Crippen molar-refractivity contribution in [2.75, 3.05) is 0 Å². The van der Waals surface area contributed by atoms with Crippen LogP contribution in [-0.2, 0) is 11.0 Å². The van der Waals surface area contributed by atoms with Gasteiger partial charge < -0.3 is 9.52 Å². The highest BCUT2D eigenvalue weighted by atomic mass is 19.4. The number of carbonyl (C=O) groups is 1. The Balaban J connectivity index is 2.37. The summed E-state index contributed by atoms with van der Waals surface area (Å²) in [5.74, 6) is -1.22. The van der Waals surface area contributed by atoms with Crippen molar-refractivity contribution in [2.45, 2.75) is 6.18 Å². The molecule has 1 N–H and O–H groups in total. The first kappa shape index (κ1) is 15.4. The van der Waals surface area contributed by atoms with Gasteiger partial charge in [0.1, 0.15) is 23.2 Å². The van der Waals surface area contributed by atoms with Crippen LogP contribution in [0.4, 0.5) is 13.2 Å². The van der Waals surface area contributed by atoms with Crippen LogP contribution in [-0.4, -0.2) is 11.1 Å². The zero-order valence-corrected chi connectivity index (χ0v) is 10.9. The maximum atomic E-state index is 12.7. The lowest BCUT2D eigenvalue weighted by atomic mass is 10.1. The molecule has 0 aliphatic rings. The van der Waals surface area contributed by atoms with Crippen LogP contribution in [0.5, 0.6) is 0 Å². The average molecular weight is 307 g/mol. The van der Waals surface area contributed by atoms with Gasteiger partial charge in [-0.1, -0.05) is 12.1 Å². The van der Waals surface area contributed by atoms with Crippen molar-refractivity contribution >= 4 is 12.0 Å². The SMILES string of the molecule is N#C/C(=C/c1ccc(-c2cccc(C(F)(F)F)c2)o1)C(=O)O. The van der Waals surface area contributed by atoms with Crippen LogP contribution in [0.2, 0.25) is 0 Å². The van der Waals surface area contributed by atoms with Gasteiger partial charge in [-0.3, -0.25) is 0 Å². The molecule has 0 spiro atoms. The first-order valence-electron chi connectivity index (χ1n) is 5.94. The van der Waals surface area contributed by atoms with Crippen molar-refractivity contribution in [3.8, 4) is 17.4 Å². The highest BCUT2D eigenvalue weighted by Gasteiger charge is 2.30. The van der Waals surface area contributed by atoms with E-state index in [2.05, 4.69) is 0 Å². The van der Waals surface area contributed by atoms with Crippen LogP contribution in [0.1, 0.15) is 11.3 Å². The van der Waals surface area contributed by atoms with Gasteiger partial charge in [0.2, 0.25) is 0 Å². The molecule has 0 fully saturated rings. The van der Waals surface area contributed by atoms with E-state index in [9.17, 15) is 18.0 Å². The van der Waals surface area contributed by atoms with Crippen molar-refractivity contribution in [1.82, 2.24) is 0 Å². The Bertz CT molecular complexity index is 782. The lowest BCUT2D eigenvalue weighted by Crippen LogP contribution is -2.04. The third-order valence-corrected chi connectivity index (χ3v) is 2.74. The molecule has 0 bridgehead atoms. The third-order valence-electron chi connectivity index (χ3n) is 2.74. The number of hydrogen-bond acceptors (Lipinski definition) is 3. The fraction of sp³-hybridized carbons (Fsp3) is 0.0667. The molecule has 0 aliphatic heterocycles. The second kappa shape index (κ2) is 5.77. The van der Waals surface area contributed by atoms with Gasteiger partial charge in [0.25, 0.3) is 0 Å². The van der Waals surface area contributed by atoms with Gasteiger partial charge >= 0.3 is 12.1 Å². The molecule has 2 rings (SSSR count). The normalized spacial score (nSPS) is 12.0. The third kappa shape index (κ3) is 3.35. The van der Waals surface area contributed by atoms with Gasteiger partial charge in [-0.15, -0.1) is 0 Å². The van der Waals surface area contributed by atoms with Crippen molar-refractivity contribution < 1.29 is 27.5 Å². The quantitative estimate of drug-likeness (QED) is 0.688. The molecule has 22 heavy (non-hydrogen) atoms. The molecular formula is C15H8F3NO3. The number of halogens is 3. The van der Waals surface area contributed by atoms with E-state index in [-0.39, 0.29) is 17.1 Å². The predicted octanol–water partition coefficient (Wildman–Crippen LogP) is 3.96. The van der Waals surface area contributed by atoms with Crippen molar-refractivity contribution in [2.24, 2.45) is 0 Å². The monoisotopic (exact) mass is 307 g/mol. The summed E-state index contributed by atoms with van der Waals surface area (Å²) >= 11 is 0. The Morgan fingerprint density at radius 1 is 1.27 bits per heavy atom. The molecule has 1 aromatic heterocycles. The zero-order chi connectivity index (χ0) is 16.3. The average Bonchev–Trinajstić information content (AvgIpc) is 2.92. The van der Waals surface area contributed by atoms with Crippen molar-refractivity contribution in [1.29, 1.82) is 5.26 Å². The van der Waals surface area contributed by atoms with Gasteiger partial charge in [-0.2, -0.15) is 18.4 Å². The summed E-state index contributed by atoms with van der Waals surface area (Å²) in [4.78, 5) is 10.7. The van der Waals surface area contributed by atoms with Gasteiger partial charge in [0, 0.05) is 11.6 Å². The summed E-state index contributed by atoms with van der Waals surface area (Å²) < 4.78 is 43.2. The summed E-state index contributed by atoms with van der Waals surface area (Å²) in [6.45, 7) is 0. The zero-order valence-electron chi connectivity index (χ0n) is 10.9. The molecule has 1 aromatic carbocycles. The molecular weight excluding hydrogens is 299 g/mol. The lowest BCUT2D eigenvalue weighted by Gasteiger charge is -2.07. The minimum absolute atomic E-state index is 0.0614. The van der Waals surface area contributed by atoms with Crippen molar-refractivity contribution in [3.05, 3.63) is 53.3 Å². The Kier molecular flexibility index (Phi) is 4.04. The number of carboxylic acid groups (broad SMARTS) is 1. The lowest BCUT2D eigenvalue weighted by molar-refractivity contribution is -0.137. The molecule has 4 nitrogen and oxygen atoms in total.